The van der Waals surface area contributed by atoms with Crippen LogP contribution in [0.1, 0.15) is 11.5 Å². The van der Waals surface area contributed by atoms with Crippen LogP contribution in [0.4, 0.5) is 16.1 Å². The highest BCUT2D eigenvalue weighted by Gasteiger charge is 2.06. The zero-order chi connectivity index (χ0) is 12.3. The summed E-state index contributed by atoms with van der Waals surface area (Å²) < 4.78 is 18.3. The molecule has 0 aliphatic heterocycles. The molecule has 0 aliphatic rings. The Hall–Kier alpha value is -1.95. The van der Waals surface area contributed by atoms with Gasteiger partial charge in [0.25, 0.3) is 0 Å². The van der Waals surface area contributed by atoms with E-state index in [1.165, 1.54) is 6.07 Å². The molecule has 0 saturated heterocycles. The van der Waals surface area contributed by atoms with Gasteiger partial charge in [-0.3, -0.25) is 0 Å². The summed E-state index contributed by atoms with van der Waals surface area (Å²) in [7, 11) is 0. The molecule has 2 rings (SSSR count). The molecule has 0 saturated carbocycles. The normalized spacial score (nSPS) is 10.5. The highest BCUT2D eigenvalue weighted by Crippen LogP contribution is 2.18. The Kier molecular flexibility index (Phi) is 3.34. The molecule has 6 heteroatoms. The summed E-state index contributed by atoms with van der Waals surface area (Å²) >= 11 is 0. The molecule has 1 aromatic carbocycles. The number of nitrogens with two attached hydrogens (primary N) is 1. The molecule has 2 aromatic rings. The van der Waals surface area contributed by atoms with E-state index in [4.69, 9.17) is 10.2 Å². The van der Waals surface area contributed by atoms with Crippen molar-refractivity contribution < 1.29 is 8.81 Å². The van der Waals surface area contributed by atoms with Crippen molar-refractivity contribution in [2.24, 2.45) is 5.73 Å². The number of hydrogen-bond acceptors (Lipinski definition) is 5. The molecule has 0 radical (unpaired) electrons. The van der Waals surface area contributed by atoms with Gasteiger partial charge in [-0.05, 0) is 30.7 Å². The number of nitrogens with one attached hydrogen (secondary N) is 1. The van der Waals surface area contributed by atoms with Gasteiger partial charge in [0, 0.05) is 18.7 Å². The van der Waals surface area contributed by atoms with E-state index in [9.17, 15) is 4.39 Å². The van der Waals surface area contributed by atoms with Gasteiger partial charge in [-0.15, -0.1) is 5.10 Å². The van der Waals surface area contributed by atoms with Crippen molar-refractivity contribution in [1.29, 1.82) is 0 Å². The number of anilines is 2. The van der Waals surface area contributed by atoms with Gasteiger partial charge in [0.2, 0.25) is 5.89 Å². The minimum Gasteiger partial charge on any atom is -0.408 e. The Morgan fingerprint density at radius 3 is 2.94 bits per heavy atom. The van der Waals surface area contributed by atoms with Gasteiger partial charge in [0.15, 0.2) is 0 Å². The van der Waals surface area contributed by atoms with Crippen molar-refractivity contribution in [1.82, 2.24) is 10.2 Å². The predicted molar refractivity (Wildman–Crippen MR) is 61.5 cm³/mol. The fourth-order valence-corrected chi connectivity index (χ4v) is 1.37. The Balaban J connectivity index is 2.11. The summed E-state index contributed by atoms with van der Waals surface area (Å²) in [6, 6.07) is 4.94. The van der Waals surface area contributed by atoms with Crippen LogP contribution in [0, 0.1) is 12.7 Å². The number of nitrogens with zero attached hydrogens (tertiary/aromatic N) is 2. The molecular formula is C11H13FN4O. The second-order valence-electron chi connectivity index (χ2n) is 3.63. The quantitative estimate of drug-likeness (QED) is 0.845. The highest BCUT2D eigenvalue weighted by molar-refractivity contribution is 5.53. The van der Waals surface area contributed by atoms with E-state index >= 15 is 0 Å². The minimum atomic E-state index is -0.245. The van der Waals surface area contributed by atoms with Crippen LogP contribution < -0.4 is 11.1 Å². The second kappa shape index (κ2) is 4.92. The summed E-state index contributed by atoms with van der Waals surface area (Å²) in [6.07, 6.45) is 0.539. The molecule has 0 atom stereocenters. The van der Waals surface area contributed by atoms with Gasteiger partial charge in [-0.2, -0.15) is 0 Å². The summed E-state index contributed by atoms with van der Waals surface area (Å²) in [5.41, 5.74) is 6.62. The maximum Gasteiger partial charge on any atom is 0.320 e. The lowest BCUT2D eigenvalue weighted by molar-refractivity contribution is 0.510. The van der Waals surface area contributed by atoms with E-state index in [2.05, 4.69) is 15.5 Å². The lowest BCUT2D eigenvalue weighted by Crippen LogP contribution is -2.02. The van der Waals surface area contributed by atoms with Crippen LogP contribution in [0.15, 0.2) is 22.6 Å². The van der Waals surface area contributed by atoms with Crippen LogP contribution in [-0.2, 0) is 6.42 Å². The summed E-state index contributed by atoms with van der Waals surface area (Å²) in [4.78, 5) is 0. The van der Waals surface area contributed by atoms with Gasteiger partial charge >= 0.3 is 6.01 Å². The highest BCUT2D eigenvalue weighted by atomic mass is 19.1. The lowest BCUT2D eigenvalue weighted by atomic mass is 10.2. The minimum absolute atomic E-state index is 0.245. The number of halogens is 1. The third-order valence-corrected chi connectivity index (χ3v) is 2.23. The second-order valence-corrected chi connectivity index (χ2v) is 3.63. The molecule has 3 N–H and O–H groups in total. The Labute approximate surface area is 97.8 Å². The van der Waals surface area contributed by atoms with Gasteiger partial charge in [-0.1, -0.05) is 5.10 Å². The first-order valence-corrected chi connectivity index (χ1v) is 5.24. The van der Waals surface area contributed by atoms with Gasteiger partial charge < -0.3 is 15.5 Å². The monoisotopic (exact) mass is 236 g/mol. The van der Waals surface area contributed by atoms with E-state index < -0.39 is 0 Å². The molecule has 90 valence electrons. The summed E-state index contributed by atoms with van der Waals surface area (Å²) in [5, 5.41) is 10.5. The van der Waals surface area contributed by atoms with Gasteiger partial charge in [-0.25, -0.2) is 4.39 Å². The SMILES string of the molecule is Cc1cc(Nc2nnc(CCN)o2)ccc1F. The van der Waals surface area contributed by atoms with Crippen molar-refractivity contribution in [3.63, 3.8) is 0 Å². The smallest absolute Gasteiger partial charge is 0.320 e. The van der Waals surface area contributed by atoms with Crippen molar-refractivity contribution in [2.75, 3.05) is 11.9 Å². The largest absolute Gasteiger partial charge is 0.408 e. The third-order valence-electron chi connectivity index (χ3n) is 2.23. The van der Waals surface area contributed by atoms with Crippen LogP contribution in [0.3, 0.4) is 0 Å². The molecule has 0 fully saturated rings. The van der Waals surface area contributed by atoms with Crippen molar-refractivity contribution in [3.8, 4) is 0 Å². The van der Waals surface area contributed by atoms with E-state index in [1.807, 2.05) is 0 Å². The number of aryl methyl sites for hydroxylation is 1. The van der Waals surface area contributed by atoms with E-state index in [0.717, 1.165) is 0 Å². The molecule has 0 amide bonds. The number of benzene rings is 1. The zero-order valence-electron chi connectivity index (χ0n) is 9.40. The molecule has 0 spiro atoms. The fourth-order valence-electron chi connectivity index (χ4n) is 1.37. The molecule has 0 unspecified atom stereocenters. The molecular weight excluding hydrogens is 223 g/mol. The lowest BCUT2D eigenvalue weighted by Gasteiger charge is -2.02. The van der Waals surface area contributed by atoms with Gasteiger partial charge in [0.1, 0.15) is 5.82 Å². The maximum absolute atomic E-state index is 13.0. The predicted octanol–water partition coefficient (Wildman–Crippen LogP) is 1.76. The van der Waals surface area contributed by atoms with E-state index in [1.54, 1.807) is 19.1 Å². The number of rotatable bonds is 4. The van der Waals surface area contributed by atoms with Crippen molar-refractivity contribution in [3.05, 3.63) is 35.5 Å². The van der Waals surface area contributed by atoms with Gasteiger partial charge in [0.05, 0.1) is 0 Å². The Morgan fingerprint density at radius 2 is 2.24 bits per heavy atom. The van der Waals surface area contributed by atoms with Crippen molar-refractivity contribution >= 4 is 11.7 Å². The maximum atomic E-state index is 13.0. The Bertz CT molecular complexity index is 512. The Morgan fingerprint density at radius 1 is 1.41 bits per heavy atom. The molecule has 17 heavy (non-hydrogen) atoms. The first-order chi connectivity index (χ1) is 8.19. The summed E-state index contributed by atoms with van der Waals surface area (Å²) in [5.74, 6) is 0.235. The average Bonchev–Trinajstić information content (AvgIpc) is 2.72. The molecule has 1 heterocycles. The van der Waals surface area contributed by atoms with Crippen LogP contribution in [0.2, 0.25) is 0 Å². The topological polar surface area (TPSA) is 77.0 Å². The third kappa shape index (κ3) is 2.79. The average molecular weight is 236 g/mol. The van der Waals surface area contributed by atoms with Crippen LogP contribution in [0.25, 0.3) is 0 Å². The van der Waals surface area contributed by atoms with E-state index in [0.29, 0.717) is 30.1 Å². The number of aromatic nitrogens is 2. The molecule has 0 bridgehead atoms. The zero-order valence-corrected chi connectivity index (χ0v) is 9.40. The number of hydrogen-bond donors (Lipinski definition) is 2. The van der Waals surface area contributed by atoms with Crippen molar-refractivity contribution in [2.45, 2.75) is 13.3 Å². The standard InChI is InChI=1S/C11H13FN4O/c1-7-6-8(2-3-9(7)12)14-11-16-15-10(17-11)4-5-13/h2-3,6H,4-5,13H2,1H3,(H,14,16). The molecule has 1 aromatic heterocycles. The summed E-state index contributed by atoms with van der Waals surface area (Å²) in [6.45, 7) is 2.14. The van der Waals surface area contributed by atoms with Crippen LogP contribution >= 0.6 is 0 Å². The van der Waals surface area contributed by atoms with Crippen LogP contribution in [0.5, 0.6) is 0 Å². The van der Waals surface area contributed by atoms with Crippen LogP contribution in [-0.4, -0.2) is 16.7 Å². The fraction of sp³-hybridized carbons (Fsp3) is 0.273. The molecule has 5 nitrogen and oxygen atoms in total. The van der Waals surface area contributed by atoms with E-state index in [-0.39, 0.29) is 11.8 Å². The molecule has 0 aliphatic carbocycles. The first-order valence-electron chi connectivity index (χ1n) is 5.24. The first kappa shape index (κ1) is 11.5.